The zero-order valence-electron chi connectivity index (χ0n) is 23.8. The van der Waals surface area contributed by atoms with Gasteiger partial charge >= 0.3 is 0 Å². The molecule has 1 aromatic carbocycles. The van der Waals surface area contributed by atoms with Crippen molar-refractivity contribution in [3.63, 3.8) is 0 Å². The van der Waals surface area contributed by atoms with Gasteiger partial charge in [0.15, 0.2) is 34.7 Å². The maximum atomic E-state index is 14.0. The van der Waals surface area contributed by atoms with E-state index in [0.717, 1.165) is 0 Å². The van der Waals surface area contributed by atoms with E-state index in [4.69, 9.17) is 5.73 Å². The number of Topliss-reactive ketones (excluding diaryl/α,β-unsaturated/α-hetero) is 4. The smallest absolute Gasteiger partial charge is 0.235 e. The first-order valence-corrected chi connectivity index (χ1v) is 13.5. The number of aliphatic hydroxyl groups is 1. The van der Waals surface area contributed by atoms with Gasteiger partial charge in [0.1, 0.15) is 5.75 Å². The molecule has 2 saturated carbocycles. The first-order chi connectivity index (χ1) is 19.2. The Labute approximate surface area is 237 Å². The summed E-state index contributed by atoms with van der Waals surface area (Å²) in [6.45, 7) is 2.42. The van der Waals surface area contributed by atoms with Crippen LogP contribution >= 0.6 is 0 Å². The lowest BCUT2D eigenvalue weighted by Crippen LogP contribution is -2.74. The monoisotopic (exact) mass is 571 g/mol. The van der Waals surface area contributed by atoms with Crippen LogP contribution in [-0.2, 0) is 36.9 Å². The number of nitrogens with zero attached hydrogens (tertiary/aromatic N) is 2. The molecule has 6 atom stereocenters. The predicted octanol–water partition coefficient (Wildman–Crippen LogP) is -1.84. The van der Waals surface area contributed by atoms with Crippen LogP contribution in [0.15, 0.2) is 6.07 Å². The average molecular weight is 572 g/mol. The van der Waals surface area contributed by atoms with Gasteiger partial charge in [-0.1, -0.05) is 6.92 Å². The molecule has 0 aliphatic heterocycles. The Hall–Kier alpha value is -3.68. The van der Waals surface area contributed by atoms with Gasteiger partial charge in [0.05, 0.1) is 24.1 Å². The van der Waals surface area contributed by atoms with Crippen LogP contribution in [0.4, 0.5) is 5.69 Å². The summed E-state index contributed by atoms with van der Waals surface area (Å²) in [5, 5.41) is 28.5. The van der Waals surface area contributed by atoms with Gasteiger partial charge < -0.3 is 31.5 Å². The number of fused-ring (bicyclic) bond motifs is 3. The Balaban J connectivity index is 1.80. The molecule has 41 heavy (non-hydrogen) atoms. The predicted molar refractivity (Wildman–Crippen MR) is 146 cm³/mol. The number of anilines is 1. The number of nitrogens with two attached hydrogens (primary N) is 1. The number of likely N-dealkylation sites (N-methyl/N-ethyl adjacent to an activating group) is 2. The number of rotatable bonds is 8. The number of aromatic hydroxyl groups is 1. The first kappa shape index (κ1) is 30.3. The van der Waals surface area contributed by atoms with E-state index in [2.05, 4.69) is 10.6 Å². The fourth-order valence-corrected chi connectivity index (χ4v) is 6.74. The molecule has 13 nitrogen and oxygen atoms in total. The largest absolute Gasteiger partial charge is 0.507 e. The number of hydrogen-bond donors (Lipinski definition) is 5. The topological polar surface area (TPSA) is 199 Å². The van der Waals surface area contributed by atoms with Crippen LogP contribution in [0.1, 0.15) is 34.8 Å². The summed E-state index contributed by atoms with van der Waals surface area (Å²) in [4.78, 5) is 82.1. The molecule has 0 saturated heterocycles. The molecule has 4 rings (SSSR count). The van der Waals surface area contributed by atoms with Gasteiger partial charge in [-0.2, -0.15) is 0 Å². The highest BCUT2D eigenvalue weighted by Crippen LogP contribution is 2.52. The highest BCUT2D eigenvalue weighted by atomic mass is 16.3. The number of ketones is 4. The summed E-state index contributed by atoms with van der Waals surface area (Å²) in [6.07, 6.45) is 0.125. The van der Waals surface area contributed by atoms with Gasteiger partial charge in [0.2, 0.25) is 11.8 Å². The minimum atomic E-state index is -2.78. The molecule has 2 unspecified atom stereocenters. The van der Waals surface area contributed by atoms with E-state index in [1.165, 1.54) is 19.0 Å². The molecule has 1 aromatic rings. The second-order valence-electron chi connectivity index (χ2n) is 11.5. The molecule has 0 aromatic heterocycles. The number of hydrogen-bond acceptors (Lipinski definition) is 11. The summed E-state index contributed by atoms with van der Waals surface area (Å²) >= 11 is 0. The molecular formula is C28H37N5O8. The highest BCUT2D eigenvalue weighted by Gasteiger charge is 2.69. The molecule has 0 spiro atoms. The van der Waals surface area contributed by atoms with Crippen molar-refractivity contribution in [1.82, 2.24) is 15.5 Å². The molecule has 6 N–H and O–H groups in total. The van der Waals surface area contributed by atoms with E-state index in [1.54, 1.807) is 25.1 Å². The second-order valence-corrected chi connectivity index (χ2v) is 11.5. The van der Waals surface area contributed by atoms with E-state index in [-0.39, 0.29) is 43.0 Å². The summed E-state index contributed by atoms with van der Waals surface area (Å²) in [6, 6.07) is 0.510. The fourth-order valence-electron chi connectivity index (χ4n) is 6.74. The quantitative estimate of drug-likeness (QED) is 0.220. The average Bonchev–Trinajstić information content (AvgIpc) is 2.88. The van der Waals surface area contributed by atoms with E-state index in [0.29, 0.717) is 17.8 Å². The molecule has 0 radical (unpaired) electrons. The van der Waals surface area contributed by atoms with Crippen LogP contribution < -0.4 is 21.3 Å². The lowest BCUT2D eigenvalue weighted by atomic mass is 9.52. The van der Waals surface area contributed by atoms with Crippen LogP contribution in [0, 0.1) is 23.7 Å². The minimum absolute atomic E-state index is 0.0280. The van der Waals surface area contributed by atoms with Crippen molar-refractivity contribution in [2.45, 2.75) is 38.0 Å². The minimum Gasteiger partial charge on any atom is -0.507 e. The maximum Gasteiger partial charge on any atom is 0.235 e. The van der Waals surface area contributed by atoms with Crippen molar-refractivity contribution in [2.24, 2.45) is 29.4 Å². The number of phenols is 1. The van der Waals surface area contributed by atoms with E-state index in [9.17, 15) is 39.0 Å². The van der Waals surface area contributed by atoms with Crippen molar-refractivity contribution >= 4 is 40.6 Å². The van der Waals surface area contributed by atoms with Crippen LogP contribution in [0.5, 0.6) is 5.75 Å². The zero-order chi connectivity index (χ0) is 30.5. The van der Waals surface area contributed by atoms with E-state index >= 15 is 0 Å². The zero-order valence-corrected chi connectivity index (χ0v) is 23.8. The normalized spacial score (nSPS) is 29.1. The lowest BCUT2D eigenvalue weighted by molar-refractivity contribution is -0.181. The highest BCUT2D eigenvalue weighted by molar-refractivity contribution is 6.32. The third-order valence-corrected chi connectivity index (χ3v) is 8.61. The molecule has 2 amide bonds. The summed E-state index contributed by atoms with van der Waals surface area (Å²) in [5.74, 6) is -11.3. The SMILES string of the molecule is CCNCC(=O)NCc1cc(N(C)C)c2c(c1O)C(=O)C1C(=O)[C@]3(O)C(=O)C(C(N)=O)C(=O)[C@H](N(C)C)[C@@H]3C[C@@H]1C2. The van der Waals surface area contributed by atoms with Crippen molar-refractivity contribution in [2.75, 3.05) is 46.2 Å². The molecule has 3 aliphatic rings. The van der Waals surface area contributed by atoms with Crippen LogP contribution in [0.2, 0.25) is 0 Å². The molecule has 3 aliphatic carbocycles. The molecule has 0 heterocycles. The Morgan fingerprint density at radius 1 is 1.12 bits per heavy atom. The summed E-state index contributed by atoms with van der Waals surface area (Å²) in [5.41, 5.74) is 3.81. The molecule has 2 fully saturated rings. The van der Waals surface area contributed by atoms with Crippen molar-refractivity contribution < 1.29 is 39.0 Å². The van der Waals surface area contributed by atoms with Gasteiger partial charge in [-0.05, 0) is 51.0 Å². The van der Waals surface area contributed by atoms with Gasteiger partial charge in [0.25, 0.3) is 0 Å². The maximum absolute atomic E-state index is 14.0. The third kappa shape index (κ3) is 4.71. The summed E-state index contributed by atoms with van der Waals surface area (Å²) in [7, 11) is 6.59. The van der Waals surface area contributed by atoms with Crippen molar-refractivity contribution in [1.29, 1.82) is 0 Å². The lowest BCUT2D eigenvalue weighted by Gasteiger charge is -2.52. The van der Waals surface area contributed by atoms with E-state index in [1.807, 2.05) is 6.92 Å². The number of phenolic OH excluding ortho intramolecular Hbond substituents is 1. The van der Waals surface area contributed by atoms with Gasteiger partial charge in [0, 0.05) is 37.8 Å². The Morgan fingerprint density at radius 2 is 1.78 bits per heavy atom. The van der Waals surface area contributed by atoms with E-state index < -0.39 is 70.1 Å². The van der Waals surface area contributed by atoms with Gasteiger partial charge in [-0.3, -0.25) is 33.7 Å². The molecule has 13 heteroatoms. The van der Waals surface area contributed by atoms with Gasteiger partial charge in [-0.15, -0.1) is 0 Å². The molecular weight excluding hydrogens is 534 g/mol. The van der Waals surface area contributed by atoms with Gasteiger partial charge in [-0.25, -0.2) is 0 Å². The van der Waals surface area contributed by atoms with Crippen LogP contribution in [0.3, 0.4) is 0 Å². The number of carbonyl (C=O) groups excluding carboxylic acids is 6. The molecule has 222 valence electrons. The number of nitrogens with one attached hydrogen (secondary N) is 2. The standard InChI is InChI=1S/C28H37N5O8/c1-6-30-11-17(34)31-10-13-9-16(32(2)3)14-7-12-8-15-21(33(4)5)24(37)20(27(29)40)26(39)28(15,41)25(38)18(12)23(36)19(14)22(13)35/h9,12,15,18,20-21,30,35,41H,6-8,10-11H2,1-5H3,(H2,29,40)(H,31,34)/t12-,15-,18?,20?,21+,28-/m0/s1. The Bertz CT molecular complexity index is 1340. The fraction of sp³-hybridized carbons (Fsp3) is 0.571. The molecule has 0 bridgehead atoms. The Morgan fingerprint density at radius 3 is 2.34 bits per heavy atom. The first-order valence-electron chi connectivity index (χ1n) is 13.5. The van der Waals surface area contributed by atoms with Crippen LogP contribution in [-0.4, -0.2) is 103 Å². The number of amides is 2. The number of primary amides is 1. The summed E-state index contributed by atoms with van der Waals surface area (Å²) < 4.78 is 0. The number of carbonyl (C=O) groups is 6. The Kier molecular flexibility index (Phi) is 8.09. The number of benzene rings is 1. The van der Waals surface area contributed by atoms with Crippen LogP contribution in [0.25, 0.3) is 0 Å². The second kappa shape index (κ2) is 11.0. The van der Waals surface area contributed by atoms with Crippen molar-refractivity contribution in [3.8, 4) is 5.75 Å². The van der Waals surface area contributed by atoms with Crippen molar-refractivity contribution in [3.05, 3.63) is 22.8 Å². The third-order valence-electron chi connectivity index (χ3n) is 8.61.